The normalized spacial score (nSPS) is 12.5. The zero-order valence-electron chi connectivity index (χ0n) is 9.64. The summed E-state index contributed by atoms with van der Waals surface area (Å²) in [7, 11) is 0. The lowest BCUT2D eigenvalue weighted by molar-refractivity contribution is 0.570. The Kier molecular flexibility index (Phi) is 4.67. The molecule has 1 unspecified atom stereocenters. The Morgan fingerprint density at radius 1 is 0.947 bits per heavy atom. The van der Waals surface area contributed by atoms with Gasteiger partial charge >= 0.3 is 0 Å². The zero-order chi connectivity index (χ0) is 14.0. The lowest BCUT2D eigenvalue weighted by Gasteiger charge is -2.11. The number of hydrogen-bond donors (Lipinski definition) is 0. The monoisotopic (exact) mass is 320 g/mol. The Hall–Kier alpha value is -0.830. The third-order valence-corrected chi connectivity index (χ3v) is 3.83. The molecule has 0 aliphatic rings. The SMILES string of the molecule is Fc1ccc(C(Cl)Cc2ccc(Cl)c(Cl)c2)c(F)c1. The van der Waals surface area contributed by atoms with Gasteiger partial charge in [0.1, 0.15) is 11.6 Å². The molecular weight excluding hydrogens is 313 g/mol. The summed E-state index contributed by atoms with van der Waals surface area (Å²) < 4.78 is 26.4. The Morgan fingerprint density at radius 3 is 2.32 bits per heavy atom. The Morgan fingerprint density at radius 2 is 1.68 bits per heavy atom. The maximum atomic E-state index is 13.6. The van der Waals surface area contributed by atoms with E-state index in [4.69, 9.17) is 34.8 Å². The lowest BCUT2D eigenvalue weighted by Crippen LogP contribution is -1.99. The van der Waals surface area contributed by atoms with Gasteiger partial charge in [-0.25, -0.2) is 8.78 Å². The first-order chi connectivity index (χ1) is 8.97. The van der Waals surface area contributed by atoms with Crippen LogP contribution >= 0.6 is 34.8 Å². The third kappa shape index (κ3) is 3.59. The molecule has 19 heavy (non-hydrogen) atoms. The van der Waals surface area contributed by atoms with Gasteiger partial charge in [0.2, 0.25) is 0 Å². The molecule has 0 heterocycles. The molecule has 0 saturated heterocycles. The predicted octanol–water partition coefficient (Wildman–Crippen LogP) is 5.79. The van der Waals surface area contributed by atoms with Crippen LogP contribution in [-0.2, 0) is 6.42 Å². The third-order valence-electron chi connectivity index (χ3n) is 2.70. The fourth-order valence-corrected chi connectivity index (χ4v) is 2.41. The zero-order valence-corrected chi connectivity index (χ0v) is 11.9. The minimum Gasteiger partial charge on any atom is -0.207 e. The molecule has 0 bridgehead atoms. The summed E-state index contributed by atoms with van der Waals surface area (Å²) in [5, 5.41) is 0.268. The quantitative estimate of drug-likeness (QED) is 0.627. The summed E-state index contributed by atoms with van der Waals surface area (Å²) >= 11 is 17.9. The van der Waals surface area contributed by atoms with Crippen LogP contribution < -0.4 is 0 Å². The Bertz CT molecular complexity index is 599. The van der Waals surface area contributed by atoms with Gasteiger partial charge in [-0.15, -0.1) is 11.6 Å². The van der Waals surface area contributed by atoms with Crippen LogP contribution in [0.25, 0.3) is 0 Å². The standard InChI is InChI=1S/C14H9Cl3F2/c15-11-4-1-8(6-13(11)17)5-12(16)10-3-2-9(18)7-14(10)19/h1-4,6-7,12H,5H2. The first-order valence-electron chi connectivity index (χ1n) is 5.50. The van der Waals surface area contributed by atoms with E-state index in [9.17, 15) is 8.78 Å². The van der Waals surface area contributed by atoms with Crippen molar-refractivity contribution in [3.63, 3.8) is 0 Å². The van der Waals surface area contributed by atoms with Gasteiger partial charge < -0.3 is 0 Å². The van der Waals surface area contributed by atoms with Gasteiger partial charge in [-0.2, -0.15) is 0 Å². The summed E-state index contributed by atoms with van der Waals surface area (Å²) in [5.41, 5.74) is 1.09. The van der Waals surface area contributed by atoms with Crippen LogP contribution in [0.4, 0.5) is 8.78 Å². The van der Waals surface area contributed by atoms with Gasteiger partial charge in [0, 0.05) is 11.6 Å². The first-order valence-corrected chi connectivity index (χ1v) is 6.69. The Balaban J connectivity index is 2.20. The van der Waals surface area contributed by atoms with Gasteiger partial charge in [0.25, 0.3) is 0 Å². The van der Waals surface area contributed by atoms with Crippen LogP contribution in [0.3, 0.4) is 0 Å². The molecule has 1 atom stereocenters. The van der Waals surface area contributed by atoms with E-state index in [1.54, 1.807) is 18.2 Å². The summed E-state index contributed by atoms with van der Waals surface area (Å²) in [5.74, 6) is -1.28. The average molecular weight is 322 g/mol. The molecule has 2 aromatic carbocycles. The second-order valence-electron chi connectivity index (χ2n) is 4.09. The fraction of sp³-hybridized carbons (Fsp3) is 0.143. The van der Waals surface area contributed by atoms with Crippen LogP contribution in [0.5, 0.6) is 0 Å². The van der Waals surface area contributed by atoms with E-state index in [-0.39, 0.29) is 5.56 Å². The largest absolute Gasteiger partial charge is 0.207 e. The van der Waals surface area contributed by atoms with E-state index in [0.717, 1.165) is 11.6 Å². The number of rotatable bonds is 3. The molecule has 100 valence electrons. The van der Waals surface area contributed by atoms with Crippen molar-refractivity contribution in [3.8, 4) is 0 Å². The average Bonchev–Trinajstić information content (AvgIpc) is 2.33. The highest BCUT2D eigenvalue weighted by Crippen LogP contribution is 2.30. The van der Waals surface area contributed by atoms with Crippen LogP contribution in [0.15, 0.2) is 36.4 Å². The minimum absolute atomic E-state index is 0.258. The molecule has 0 aromatic heterocycles. The van der Waals surface area contributed by atoms with Crippen molar-refractivity contribution in [1.29, 1.82) is 0 Å². The summed E-state index contributed by atoms with van der Waals surface area (Å²) in [6, 6.07) is 8.46. The van der Waals surface area contributed by atoms with Gasteiger partial charge in [0.15, 0.2) is 0 Å². The molecule has 2 rings (SSSR count). The topological polar surface area (TPSA) is 0 Å². The molecule has 0 amide bonds. The van der Waals surface area contributed by atoms with E-state index < -0.39 is 17.0 Å². The van der Waals surface area contributed by atoms with Crippen molar-refractivity contribution in [3.05, 3.63) is 69.2 Å². The van der Waals surface area contributed by atoms with Gasteiger partial charge in [-0.05, 0) is 30.2 Å². The van der Waals surface area contributed by atoms with Crippen molar-refractivity contribution in [2.75, 3.05) is 0 Å². The van der Waals surface area contributed by atoms with Gasteiger partial charge in [-0.3, -0.25) is 0 Å². The number of alkyl halides is 1. The van der Waals surface area contributed by atoms with Crippen LogP contribution in [0.2, 0.25) is 10.0 Å². The van der Waals surface area contributed by atoms with E-state index in [1.165, 1.54) is 12.1 Å². The molecule has 0 saturated carbocycles. The van der Waals surface area contributed by atoms with Crippen molar-refractivity contribution < 1.29 is 8.78 Å². The van der Waals surface area contributed by atoms with Gasteiger partial charge in [0.05, 0.1) is 15.4 Å². The molecule has 0 fully saturated rings. The number of benzene rings is 2. The second kappa shape index (κ2) is 6.08. The number of halogens is 5. The van der Waals surface area contributed by atoms with E-state index in [1.807, 2.05) is 0 Å². The van der Waals surface area contributed by atoms with Crippen LogP contribution in [0.1, 0.15) is 16.5 Å². The maximum Gasteiger partial charge on any atom is 0.130 e. The van der Waals surface area contributed by atoms with Gasteiger partial charge in [-0.1, -0.05) is 35.3 Å². The molecule has 5 heteroatoms. The van der Waals surface area contributed by atoms with Crippen molar-refractivity contribution in [2.24, 2.45) is 0 Å². The predicted molar refractivity (Wildman–Crippen MR) is 75.1 cm³/mol. The highest BCUT2D eigenvalue weighted by molar-refractivity contribution is 6.42. The summed E-state index contributed by atoms with van der Waals surface area (Å²) in [6.07, 6.45) is 0.376. The molecule has 0 aliphatic heterocycles. The van der Waals surface area contributed by atoms with Crippen molar-refractivity contribution >= 4 is 34.8 Å². The molecule has 0 nitrogen and oxygen atoms in total. The summed E-state index contributed by atoms with van der Waals surface area (Å²) in [4.78, 5) is 0. The summed E-state index contributed by atoms with van der Waals surface area (Å²) in [6.45, 7) is 0. The molecule has 0 radical (unpaired) electrons. The molecular formula is C14H9Cl3F2. The fourth-order valence-electron chi connectivity index (χ4n) is 1.74. The van der Waals surface area contributed by atoms with E-state index in [2.05, 4.69) is 0 Å². The molecule has 0 N–H and O–H groups in total. The highest BCUT2D eigenvalue weighted by atomic mass is 35.5. The first kappa shape index (κ1) is 14.6. The molecule has 0 spiro atoms. The lowest BCUT2D eigenvalue weighted by atomic mass is 10.0. The van der Waals surface area contributed by atoms with Crippen LogP contribution in [-0.4, -0.2) is 0 Å². The maximum absolute atomic E-state index is 13.6. The second-order valence-corrected chi connectivity index (χ2v) is 5.43. The smallest absolute Gasteiger partial charge is 0.130 e. The van der Waals surface area contributed by atoms with E-state index in [0.29, 0.717) is 16.5 Å². The Labute approximate surface area is 124 Å². The van der Waals surface area contributed by atoms with Crippen LogP contribution in [0, 0.1) is 11.6 Å². The molecule has 2 aromatic rings. The van der Waals surface area contributed by atoms with Crippen molar-refractivity contribution in [2.45, 2.75) is 11.8 Å². The van der Waals surface area contributed by atoms with E-state index >= 15 is 0 Å². The van der Waals surface area contributed by atoms with Crippen molar-refractivity contribution in [1.82, 2.24) is 0 Å². The molecule has 0 aliphatic carbocycles. The minimum atomic E-state index is -0.653. The highest BCUT2D eigenvalue weighted by Gasteiger charge is 2.15. The number of hydrogen-bond acceptors (Lipinski definition) is 0.